The molecule has 4 heteroatoms. The fraction of sp³-hybridized carbons (Fsp3) is 0.0345. The molecular formula is C29H21N3S. The van der Waals surface area contributed by atoms with Gasteiger partial charge in [-0.2, -0.15) is 0 Å². The van der Waals surface area contributed by atoms with E-state index in [0.29, 0.717) is 0 Å². The highest BCUT2D eigenvalue weighted by Crippen LogP contribution is 2.44. The SMILES string of the molecule is C=Nc1sc2ccc3c(c4ccccc4n3-c3ccc(-c4ccccc4)cc3)c2c1C=NC. The lowest BCUT2D eigenvalue weighted by Crippen LogP contribution is -1.93. The zero-order valence-electron chi connectivity index (χ0n) is 18.2. The number of benzene rings is 4. The van der Waals surface area contributed by atoms with E-state index in [-0.39, 0.29) is 0 Å². The van der Waals surface area contributed by atoms with E-state index in [1.165, 1.54) is 43.0 Å². The van der Waals surface area contributed by atoms with Gasteiger partial charge in [0.25, 0.3) is 0 Å². The van der Waals surface area contributed by atoms with Crippen LogP contribution >= 0.6 is 11.3 Å². The van der Waals surface area contributed by atoms with Crippen LogP contribution in [0.1, 0.15) is 5.56 Å². The molecule has 0 fully saturated rings. The molecule has 6 rings (SSSR count). The average molecular weight is 444 g/mol. The lowest BCUT2D eigenvalue weighted by molar-refractivity contribution is 1.18. The van der Waals surface area contributed by atoms with Gasteiger partial charge in [-0.15, -0.1) is 11.3 Å². The van der Waals surface area contributed by atoms with E-state index in [2.05, 4.69) is 106 Å². The molecule has 4 aromatic carbocycles. The maximum atomic E-state index is 4.31. The Balaban J connectivity index is 1.67. The Hall–Kier alpha value is -4.02. The Kier molecular flexibility index (Phi) is 4.67. The number of fused-ring (bicyclic) bond motifs is 5. The van der Waals surface area contributed by atoms with Crippen molar-refractivity contribution in [2.75, 3.05) is 7.05 Å². The van der Waals surface area contributed by atoms with Gasteiger partial charge in [0, 0.05) is 45.4 Å². The predicted octanol–water partition coefficient (Wildman–Crippen LogP) is 8.05. The van der Waals surface area contributed by atoms with Crippen LogP contribution in [0.4, 0.5) is 5.00 Å². The zero-order chi connectivity index (χ0) is 22.4. The second-order valence-corrected chi connectivity index (χ2v) is 9.00. The maximum Gasteiger partial charge on any atom is 0.125 e. The lowest BCUT2D eigenvalue weighted by atomic mass is 10.1. The van der Waals surface area contributed by atoms with E-state index >= 15 is 0 Å². The normalized spacial score (nSPS) is 11.8. The standard InChI is InChI=1S/C29H21N3S/c1-30-18-23-28-26(33-29(23)31-2)17-16-25-27(28)22-10-6-7-11-24(22)32(25)21-14-12-20(13-15-21)19-8-4-3-5-9-19/h3-18H,2H2,1H3. The number of nitrogens with zero attached hydrogens (tertiary/aromatic N) is 3. The van der Waals surface area contributed by atoms with Crippen molar-refractivity contribution in [2.45, 2.75) is 0 Å². The Bertz CT molecular complexity index is 1670. The summed E-state index contributed by atoms with van der Waals surface area (Å²) in [5.74, 6) is 0. The third-order valence-electron chi connectivity index (χ3n) is 6.14. The van der Waals surface area contributed by atoms with Gasteiger partial charge in [-0.1, -0.05) is 60.7 Å². The highest BCUT2D eigenvalue weighted by Gasteiger charge is 2.19. The van der Waals surface area contributed by atoms with E-state index in [9.17, 15) is 0 Å². The molecule has 2 heterocycles. The summed E-state index contributed by atoms with van der Waals surface area (Å²) in [5.41, 5.74) is 6.98. The quantitative estimate of drug-likeness (QED) is 0.247. The first-order chi connectivity index (χ1) is 16.3. The minimum atomic E-state index is 0.909. The fourth-order valence-electron chi connectivity index (χ4n) is 4.74. The topological polar surface area (TPSA) is 29.6 Å². The summed E-state index contributed by atoms with van der Waals surface area (Å²) >= 11 is 1.66. The molecule has 0 aliphatic heterocycles. The van der Waals surface area contributed by atoms with Gasteiger partial charge < -0.3 is 4.57 Å². The molecule has 0 radical (unpaired) electrons. The zero-order valence-corrected chi connectivity index (χ0v) is 19.0. The van der Waals surface area contributed by atoms with E-state index in [0.717, 1.165) is 16.3 Å². The monoisotopic (exact) mass is 443 g/mol. The van der Waals surface area contributed by atoms with Gasteiger partial charge >= 0.3 is 0 Å². The first-order valence-electron chi connectivity index (χ1n) is 10.8. The van der Waals surface area contributed by atoms with Crippen molar-refractivity contribution >= 4 is 61.2 Å². The number of aromatic nitrogens is 1. The van der Waals surface area contributed by atoms with Crippen LogP contribution in [0.2, 0.25) is 0 Å². The number of rotatable bonds is 4. The summed E-state index contributed by atoms with van der Waals surface area (Å²) < 4.78 is 3.55. The smallest absolute Gasteiger partial charge is 0.125 e. The molecule has 0 atom stereocenters. The van der Waals surface area contributed by atoms with Gasteiger partial charge in [-0.25, -0.2) is 0 Å². The van der Waals surface area contributed by atoms with Crippen molar-refractivity contribution in [1.82, 2.24) is 4.57 Å². The van der Waals surface area contributed by atoms with Crippen LogP contribution in [0.5, 0.6) is 0 Å². The summed E-state index contributed by atoms with van der Waals surface area (Å²) in [6.45, 7) is 3.79. The van der Waals surface area contributed by atoms with E-state index in [1.54, 1.807) is 18.4 Å². The Morgan fingerprint density at radius 2 is 1.48 bits per heavy atom. The largest absolute Gasteiger partial charge is 0.309 e. The summed E-state index contributed by atoms with van der Waals surface area (Å²) in [4.78, 5) is 8.60. The van der Waals surface area contributed by atoms with Gasteiger partial charge in [0.1, 0.15) is 5.00 Å². The van der Waals surface area contributed by atoms with Crippen LogP contribution in [-0.2, 0) is 0 Å². The minimum Gasteiger partial charge on any atom is -0.309 e. The molecule has 0 amide bonds. The van der Waals surface area contributed by atoms with Crippen molar-refractivity contribution in [2.24, 2.45) is 9.98 Å². The number of hydrogen-bond acceptors (Lipinski definition) is 3. The average Bonchev–Trinajstić information content (AvgIpc) is 3.40. The minimum absolute atomic E-state index is 0.909. The van der Waals surface area contributed by atoms with E-state index in [4.69, 9.17) is 0 Å². The third kappa shape index (κ3) is 3.03. The van der Waals surface area contributed by atoms with E-state index < -0.39 is 0 Å². The van der Waals surface area contributed by atoms with Crippen LogP contribution in [0, 0.1) is 0 Å². The fourth-order valence-corrected chi connectivity index (χ4v) is 5.73. The molecule has 158 valence electrons. The highest BCUT2D eigenvalue weighted by atomic mass is 32.1. The van der Waals surface area contributed by atoms with Crippen molar-refractivity contribution in [1.29, 1.82) is 0 Å². The molecule has 0 saturated heterocycles. The molecule has 0 aliphatic carbocycles. The summed E-state index contributed by atoms with van der Waals surface area (Å²) in [5, 5.41) is 4.56. The van der Waals surface area contributed by atoms with Gasteiger partial charge in [-0.3, -0.25) is 9.98 Å². The second kappa shape index (κ2) is 7.84. The van der Waals surface area contributed by atoms with Crippen LogP contribution in [0.25, 0.3) is 48.7 Å². The van der Waals surface area contributed by atoms with Gasteiger partial charge in [0.2, 0.25) is 0 Å². The third-order valence-corrected chi connectivity index (χ3v) is 7.24. The first kappa shape index (κ1) is 19.6. The molecule has 0 bridgehead atoms. The lowest BCUT2D eigenvalue weighted by Gasteiger charge is -2.09. The van der Waals surface area contributed by atoms with Gasteiger partial charge in [0.15, 0.2) is 0 Å². The van der Waals surface area contributed by atoms with Crippen molar-refractivity contribution in [3.63, 3.8) is 0 Å². The van der Waals surface area contributed by atoms with Crippen LogP contribution in [0.3, 0.4) is 0 Å². The van der Waals surface area contributed by atoms with Crippen LogP contribution in [0.15, 0.2) is 101 Å². The molecule has 2 aromatic heterocycles. The van der Waals surface area contributed by atoms with Crippen molar-refractivity contribution in [3.05, 3.63) is 96.6 Å². The van der Waals surface area contributed by atoms with Crippen LogP contribution < -0.4 is 0 Å². The molecule has 0 aliphatic rings. The Morgan fingerprint density at radius 3 is 2.24 bits per heavy atom. The van der Waals surface area contributed by atoms with Crippen LogP contribution in [-0.4, -0.2) is 24.5 Å². The second-order valence-electron chi connectivity index (χ2n) is 7.96. The summed E-state index contributed by atoms with van der Waals surface area (Å²) in [7, 11) is 1.80. The van der Waals surface area contributed by atoms with Crippen molar-refractivity contribution < 1.29 is 0 Å². The number of thiophene rings is 1. The highest BCUT2D eigenvalue weighted by molar-refractivity contribution is 7.23. The Labute approximate surface area is 196 Å². The molecule has 33 heavy (non-hydrogen) atoms. The molecule has 6 aromatic rings. The Morgan fingerprint density at radius 1 is 0.758 bits per heavy atom. The predicted molar refractivity (Wildman–Crippen MR) is 144 cm³/mol. The molecular weight excluding hydrogens is 422 g/mol. The maximum absolute atomic E-state index is 4.31. The number of para-hydroxylation sites is 1. The van der Waals surface area contributed by atoms with E-state index in [1.807, 2.05) is 12.3 Å². The van der Waals surface area contributed by atoms with Gasteiger partial charge in [-0.05, 0) is 48.2 Å². The first-order valence-corrected chi connectivity index (χ1v) is 11.6. The molecule has 0 saturated carbocycles. The molecule has 0 unspecified atom stereocenters. The molecule has 3 nitrogen and oxygen atoms in total. The number of aliphatic imine (C=N–C) groups is 2. The summed E-state index contributed by atoms with van der Waals surface area (Å²) in [6, 6.07) is 32.3. The van der Waals surface area contributed by atoms with Gasteiger partial charge in [0.05, 0.1) is 11.0 Å². The molecule has 0 spiro atoms. The summed E-state index contributed by atoms with van der Waals surface area (Å²) in [6.07, 6.45) is 1.91. The number of hydrogen-bond donors (Lipinski definition) is 0. The molecule has 0 N–H and O–H groups in total. The van der Waals surface area contributed by atoms with Crippen molar-refractivity contribution in [3.8, 4) is 16.8 Å².